The SMILES string of the molecule is COC(=O)[C@H](C[C@H](NC(=O)OC(C)(C)C)C(N)=S)O[Si](C)(C)C(C)(C)C. The number of nitrogens with one attached hydrogen (secondary N) is 1. The number of thiocarbonyl (C=S) groups is 1. The molecule has 9 heteroatoms. The first-order valence-electron chi connectivity index (χ1n) is 8.54. The molecule has 0 aromatic heterocycles. The van der Waals surface area contributed by atoms with Gasteiger partial charge in [0.15, 0.2) is 8.32 Å². The molecule has 0 saturated heterocycles. The number of nitrogens with two attached hydrogens (primary N) is 1. The lowest BCUT2D eigenvalue weighted by molar-refractivity contribution is -0.149. The van der Waals surface area contributed by atoms with E-state index in [0.717, 1.165) is 0 Å². The van der Waals surface area contributed by atoms with E-state index >= 15 is 0 Å². The van der Waals surface area contributed by atoms with Crippen LogP contribution in [0.5, 0.6) is 0 Å². The number of hydrogen-bond donors (Lipinski definition) is 2. The Balaban J connectivity index is 5.34. The van der Waals surface area contributed by atoms with Crippen molar-refractivity contribution in [3.8, 4) is 0 Å². The summed E-state index contributed by atoms with van der Waals surface area (Å²) in [5.41, 5.74) is 5.09. The predicted octanol–water partition coefficient (Wildman–Crippen LogP) is 3.12. The van der Waals surface area contributed by atoms with Gasteiger partial charge in [0.2, 0.25) is 0 Å². The van der Waals surface area contributed by atoms with Gasteiger partial charge in [-0.3, -0.25) is 0 Å². The molecule has 26 heavy (non-hydrogen) atoms. The Morgan fingerprint density at radius 3 is 2.00 bits per heavy atom. The molecule has 7 nitrogen and oxygen atoms in total. The number of amides is 1. The third-order valence-electron chi connectivity index (χ3n) is 4.19. The van der Waals surface area contributed by atoms with E-state index in [2.05, 4.69) is 26.1 Å². The van der Waals surface area contributed by atoms with Crippen LogP contribution in [0.4, 0.5) is 4.79 Å². The molecule has 0 fully saturated rings. The lowest BCUT2D eigenvalue weighted by Gasteiger charge is -2.39. The average molecular weight is 407 g/mol. The summed E-state index contributed by atoms with van der Waals surface area (Å²) in [5.74, 6) is -0.526. The van der Waals surface area contributed by atoms with Crippen molar-refractivity contribution in [3.05, 3.63) is 0 Å². The Labute approximate surface area is 163 Å². The number of methoxy groups -OCH3 is 1. The van der Waals surface area contributed by atoms with Crippen LogP contribution in [0.15, 0.2) is 0 Å². The molecule has 0 aliphatic rings. The van der Waals surface area contributed by atoms with Crippen LogP contribution >= 0.6 is 12.2 Å². The Hall–Kier alpha value is -1.19. The monoisotopic (exact) mass is 406 g/mol. The number of hydrogen-bond acceptors (Lipinski definition) is 6. The Morgan fingerprint density at radius 1 is 1.15 bits per heavy atom. The van der Waals surface area contributed by atoms with Crippen LogP contribution in [-0.4, -0.2) is 50.2 Å². The maximum absolute atomic E-state index is 12.2. The van der Waals surface area contributed by atoms with Crippen molar-refractivity contribution >= 4 is 37.6 Å². The van der Waals surface area contributed by atoms with E-state index in [0.29, 0.717) is 0 Å². The van der Waals surface area contributed by atoms with Gasteiger partial charge in [0, 0.05) is 6.42 Å². The lowest BCUT2D eigenvalue weighted by atomic mass is 10.1. The number of rotatable bonds is 7. The van der Waals surface area contributed by atoms with E-state index in [-0.39, 0.29) is 16.4 Å². The Bertz CT molecular complexity index is 526. The smallest absolute Gasteiger partial charge is 0.408 e. The maximum Gasteiger partial charge on any atom is 0.408 e. The topological polar surface area (TPSA) is 99.9 Å². The van der Waals surface area contributed by atoms with E-state index in [4.69, 9.17) is 31.9 Å². The summed E-state index contributed by atoms with van der Waals surface area (Å²) in [5, 5.41) is 2.51. The second-order valence-electron chi connectivity index (χ2n) is 8.73. The summed E-state index contributed by atoms with van der Waals surface area (Å²) >= 11 is 5.04. The quantitative estimate of drug-likeness (QED) is 0.380. The minimum absolute atomic E-state index is 0.0450. The highest BCUT2D eigenvalue weighted by Gasteiger charge is 2.42. The highest BCUT2D eigenvalue weighted by molar-refractivity contribution is 7.80. The van der Waals surface area contributed by atoms with Crippen molar-refractivity contribution in [2.75, 3.05) is 7.11 Å². The van der Waals surface area contributed by atoms with Crippen molar-refractivity contribution < 1.29 is 23.5 Å². The summed E-state index contributed by atoms with van der Waals surface area (Å²) in [4.78, 5) is 24.3. The summed E-state index contributed by atoms with van der Waals surface area (Å²) in [6, 6.07) is -0.756. The standard InChI is InChI=1S/C17H34N2O5SSi/c1-16(2,3)23-15(21)19-11(13(18)25)10-12(14(20)22-7)24-26(8,9)17(4,5)6/h11-12H,10H2,1-9H3,(H2,18,25)(H,19,21)/t11-,12-/m0/s1. The van der Waals surface area contributed by atoms with Crippen LogP contribution in [0, 0.1) is 0 Å². The fourth-order valence-electron chi connectivity index (χ4n) is 1.77. The van der Waals surface area contributed by atoms with Crippen LogP contribution in [0.25, 0.3) is 0 Å². The first kappa shape index (κ1) is 24.8. The van der Waals surface area contributed by atoms with Gasteiger partial charge in [-0.1, -0.05) is 33.0 Å². The molecule has 0 aromatic rings. The molecular formula is C17H34N2O5SSi. The van der Waals surface area contributed by atoms with Gasteiger partial charge in [-0.25, -0.2) is 9.59 Å². The van der Waals surface area contributed by atoms with E-state index in [1.54, 1.807) is 20.8 Å². The molecule has 0 bridgehead atoms. The van der Waals surface area contributed by atoms with Crippen LogP contribution in [0.1, 0.15) is 48.0 Å². The van der Waals surface area contributed by atoms with E-state index in [1.807, 2.05) is 13.1 Å². The second kappa shape index (κ2) is 9.14. The van der Waals surface area contributed by atoms with Gasteiger partial charge in [0.25, 0.3) is 0 Å². The Kier molecular flexibility index (Phi) is 8.72. The van der Waals surface area contributed by atoms with Gasteiger partial charge >= 0.3 is 12.1 Å². The molecule has 152 valence electrons. The van der Waals surface area contributed by atoms with Gasteiger partial charge in [0.05, 0.1) is 18.1 Å². The zero-order chi connectivity index (χ0) is 20.9. The van der Waals surface area contributed by atoms with Gasteiger partial charge in [-0.15, -0.1) is 0 Å². The predicted molar refractivity (Wildman–Crippen MR) is 109 cm³/mol. The number of carbonyl (C=O) groups excluding carboxylic acids is 2. The number of alkyl carbamates (subject to hydrolysis) is 1. The van der Waals surface area contributed by atoms with Crippen molar-refractivity contribution in [3.63, 3.8) is 0 Å². The number of carbonyl (C=O) groups is 2. The van der Waals surface area contributed by atoms with Crippen LogP contribution < -0.4 is 11.1 Å². The fraction of sp³-hybridized carbons (Fsp3) is 0.824. The molecule has 0 saturated carbocycles. The molecule has 0 aliphatic heterocycles. The van der Waals surface area contributed by atoms with Gasteiger partial charge in [-0.05, 0) is 38.9 Å². The molecule has 3 N–H and O–H groups in total. The summed E-state index contributed by atoms with van der Waals surface area (Å²) < 4.78 is 16.3. The third-order valence-corrected chi connectivity index (χ3v) is 8.96. The highest BCUT2D eigenvalue weighted by Crippen LogP contribution is 2.37. The van der Waals surface area contributed by atoms with Crippen molar-refractivity contribution in [2.24, 2.45) is 5.73 Å². The summed E-state index contributed by atoms with van der Waals surface area (Å²) in [6.45, 7) is 15.5. The molecule has 0 radical (unpaired) electrons. The van der Waals surface area contributed by atoms with Crippen LogP contribution in [0.3, 0.4) is 0 Å². The zero-order valence-electron chi connectivity index (χ0n) is 17.4. The minimum atomic E-state index is -2.26. The van der Waals surface area contributed by atoms with E-state index in [1.165, 1.54) is 7.11 Å². The van der Waals surface area contributed by atoms with Gasteiger partial charge in [0.1, 0.15) is 11.7 Å². The summed E-state index contributed by atoms with van der Waals surface area (Å²) in [7, 11) is -0.963. The highest BCUT2D eigenvalue weighted by atomic mass is 32.1. The van der Waals surface area contributed by atoms with E-state index < -0.39 is 38.1 Å². The van der Waals surface area contributed by atoms with Crippen LogP contribution in [-0.2, 0) is 18.7 Å². The van der Waals surface area contributed by atoms with E-state index in [9.17, 15) is 9.59 Å². The normalized spacial score (nSPS) is 15.0. The van der Waals surface area contributed by atoms with Crippen molar-refractivity contribution in [2.45, 2.75) is 83.8 Å². The molecule has 0 unspecified atom stereocenters. The van der Waals surface area contributed by atoms with Gasteiger partial charge in [-0.2, -0.15) is 0 Å². The van der Waals surface area contributed by atoms with Crippen molar-refractivity contribution in [1.29, 1.82) is 0 Å². The molecule has 0 aliphatic carbocycles. The molecule has 1 amide bonds. The second-order valence-corrected chi connectivity index (χ2v) is 14.0. The Morgan fingerprint density at radius 2 is 1.65 bits per heavy atom. The first-order valence-corrected chi connectivity index (χ1v) is 11.9. The maximum atomic E-state index is 12.2. The number of esters is 1. The average Bonchev–Trinajstić information content (AvgIpc) is 2.41. The largest absolute Gasteiger partial charge is 0.467 e. The zero-order valence-corrected chi connectivity index (χ0v) is 19.2. The lowest BCUT2D eigenvalue weighted by Crippen LogP contribution is -2.52. The third kappa shape index (κ3) is 8.46. The molecule has 0 heterocycles. The molecule has 2 atom stereocenters. The molecule has 0 spiro atoms. The first-order chi connectivity index (χ1) is 11.5. The van der Waals surface area contributed by atoms with Crippen LogP contribution in [0.2, 0.25) is 18.1 Å². The molecular weight excluding hydrogens is 372 g/mol. The summed E-state index contributed by atoms with van der Waals surface area (Å²) in [6.07, 6.45) is -1.47. The fourth-order valence-corrected chi connectivity index (χ4v) is 3.18. The van der Waals surface area contributed by atoms with Crippen molar-refractivity contribution in [1.82, 2.24) is 5.32 Å². The molecule has 0 aromatic carbocycles. The van der Waals surface area contributed by atoms with Gasteiger partial charge < -0.3 is 25.0 Å². The number of ether oxygens (including phenoxy) is 2. The molecule has 0 rings (SSSR count). The minimum Gasteiger partial charge on any atom is -0.467 e.